The number of aryl methyl sites for hydroxylation is 3. The average Bonchev–Trinajstić information content (AvgIpc) is 3.22. The highest BCUT2D eigenvalue weighted by Gasteiger charge is 2.37. The molecule has 1 N–H and O–H groups in total. The topological polar surface area (TPSA) is 85.2 Å². The molecule has 0 spiro atoms. The van der Waals surface area contributed by atoms with Gasteiger partial charge in [-0.1, -0.05) is 12.1 Å². The smallest absolute Gasteiger partial charge is 0.249 e. The summed E-state index contributed by atoms with van der Waals surface area (Å²) in [5.41, 5.74) is 3.44. The lowest BCUT2D eigenvalue weighted by Gasteiger charge is -2.37. The predicted molar refractivity (Wildman–Crippen MR) is 119 cm³/mol. The van der Waals surface area contributed by atoms with Gasteiger partial charge in [0, 0.05) is 26.8 Å². The van der Waals surface area contributed by atoms with Gasteiger partial charge in [0.15, 0.2) is 5.82 Å². The Kier molecular flexibility index (Phi) is 6.18. The Hall–Kier alpha value is -3.33. The minimum Gasteiger partial charge on any atom is -0.379 e. The molecular weight excluding hydrogens is 411 g/mol. The largest absolute Gasteiger partial charge is 0.379 e. The first-order chi connectivity index (χ1) is 15.4. The van der Waals surface area contributed by atoms with Crippen molar-refractivity contribution < 1.29 is 13.9 Å². The monoisotopic (exact) mass is 438 g/mol. The summed E-state index contributed by atoms with van der Waals surface area (Å²) in [4.78, 5) is 23.7. The summed E-state index contributed by atoms with van der Waals surface area (Å²) in [6, 6.07) is 5.96. The summed E-state index contributed by atoms with van der Waals surface area (Å²) in [6.07, 6.45) is 4.91. The van der Waals surface area contributed by atoms with E-state index in [0.717, 1.165) is 23.2 Å². The molecule has 8 nitrogen and oxygen atoms in total. The third-order valence-corrected chi connectivity index (χ3v) is 5.78. The van der Waals surface area contributed by atoms with Crippen molar-refractivity contribution in [3.05, 3.63) is 65.1 Å². The van der Waals surface area contributed by atoms with Crippen molar-refractivity contribution in [3.8, 4) is 0 Å². The molecule has 1 aliphatic rings. The fourth-order valence-corrected chi connectivity index (χ4v) is 3.94. The van der Waals surface area contributed by atoms with Crippen molar-refractivity contribution >= 4 is 17.4 Å². The molecule has 2 atom stereocenters. The number of rotatable bonds is 7. The van der Waals surface area contributed by atoms with Gasteiger partial charge in [-0.05, 0) is 43.5 Å². The first kappa shape index (κ1) is 21.9. The van der Waals surface area contributed by atoms with Crippen LogP contribution in [0.2, 0.25) is 0 Å². The predicted octanol–water partition coefficient (Wildman–Crippen LogP) is 2.75. The van der Waals surface area contributed by atoms with Crippen LogP contribution in [0.25, 0.3) is 0 Å². The Morgan fingerprint density at radius 1 is 1.19 bits per heavy atom. The second-order valence-corrected chi connectivity index (χ2v) is 8.08. The van der Waals surface area contributed by atoms with Gasteiger partial charge in [0.25, 0.3) is 0 Å². The molecule has 1 amide bonds. The lowest BCUT2D eigenvalue weighted by atomic mass is 10.1. The number of anilines is 2. The molecule has 0 unspecified atom stereocenters. The Bertz CT molecular complexity index is 1110. The molecule has 32 heavy (non-hydrogen) atoms. The van der Waals surface area contributed by atoms with Crippen LogP contribution >= 0.6 is 0 Å². The van der Waals surface area contributed by atoms with Crippen molar-refractivity contribution in [2.24, 2.45) is 0 Å². The summed E-state index contributed by atoms with van der Waals surface area (Å²) in [6.45, 7) is 4.32. The number of nitrogens with one attached hydrogen (secondary N) is 1. The molecule has 9 heteroatoms. The van der Waals surface area contributed by atoms with E-state index >= 15 is 0 Å². The Balaban J connectivity index is 1.46. The van der Waals surface area contributed by atoms with Crippen LogP contribution in [0.5, 0.6) is 0 Å². The fourth-order valence-electron chi connectivity index (χ4n) is 3.94. The molecule has 168 valence electrons. The highest BCUT2D eigenvalue weighted by molar-refractivity contribution is 6.03. The second-order valence-electron chi connectivity index (χ2n) is 8.08. The second kappa shape index (κ2) is 9.04. The zero-order chi connectivity index (χ0) is 22.8. The van der Waals surface area contributed by atoms with E-state index in [1.165, 1.54) is 12.1 Å². The number of amides is 1. The van der Waals surface area contributed by atoms with Gasteiger partial charge in [-0.2, -0.15) is 5.10 Å². The number of benzene rings is 1. The summed E-state index contributed by atoms with van der Waals surface area (Å²) in [5.74, 6) is 1.04. The van der Waals surface area contributed by atoms with E-state index in [1.54, 1.807) is 19.2 Å². The first-order valence-electron chi connectivity index (χ1n) is 10.6. The van der Waals surface area contributed by atoms with Crippen LogP contribution in [0.1, 0.15) is 29.6 Å². The van der Waals surface area contributed by atoms with Gasteiger partial charge in [0.1, 0.15) is 23.4 Å². The molecule has 1 aromatic carbocycles. The SMILES string of the molecule is CO[C@@H](C)[C@H]1C(=O)Nc2c(C)nc(CCc3cnn(Cc4ccc(F)cc4)c3)nc2N1C. The third kappa shape index (κ3) is 4.47. The maximum Gasteiger partial charge on any atom is 0.249 e. The summed E-state index contributed by atoms with van der Waals surface area (Å²) < 4.78 is 20.3. The molecule has 4 rings (SSSR count). The number of ether oxygens (including phenoxy) is 1. The van der Waals surface area contributed by atoms with Gasteiger partial charge in [-0.15, -0.1) is 0 Å². The normalized spacial score (nSPS) is 16.6. The summed E-state index contributed by atoms with van der Waals surface area (Å²) in [7, 11) is 3.45. The first-order valence-corrected chi connectivity index (χ1v) is 10.6. The van der Waals surface area contributed by atoms with Crippen molar-refractivity contribution in [2.45, 2.75) is 45.4 Å². The number of hydrogen-bond donors (Lipinski definition) is 1. The number of fused-ring (bicyclic) bond motifs is 1. The quantitative estimate of drug-likeness (QED) is 0.611. The molecule has 2 aromatic heterocycles. The van der Waals surface area contributed by atoms with Crippen molar-refractivity contribution in [1.82, 2.24) is 19.7 Å². The van der Waals surface area contributed by atoms with Crippen LogP contribution in [-0.2, 0) is 28.9 Å². The van der Waals surface area contributed by atoms with E-state index in [1.807, 2.05) is 42.9 Å². The van der Waals surface area contributed by atoms with Gasteiger partial charge in [-0.25, -0.2) is 14.4 Å². The number of nitrogens with zero attached hydrogens (tertiary/aromatic N) is 5. The highest BCUT2D eigenvalue weighted by atomic mass is 19.1. The van der Waals surface area contributed by atoms with Crippen molar-refractivity contribution in [2.75, 3.05) is 24.4 Å². The Morgan fingerprint density at radius 2 is 1.94 bits per heavy atom. The van der Waals surface area contributed by atoms with Crippen LogP contribution in [0.15, 0.2) is 36.7 Å². The molecule has 0 aliphatic carbocycles. The molecule has 0 bridgehead atoms. The number of hydrogen-bond acceptors (Lipinski definition) is 6. The van der Waals surface area contributed by atoms with E-state index in [4.69, 9.17) is 9.72 Å². The Labute approximate surface area is 186 Å². The maximum atomic E-state index is 13.1. The van der Waals surface area contributed by atoms with Gasteiger partial charge in [0.2, 0.25) is 5.91 Å². The lowest BCUT2D eigenvalue weighted by Crippen LogP contribution is -2.53. The summed E-state index contributed by atoms with van der Waals surface area (Å²) >= 11 is 0. The van der Waals surface area contributed by atoms with Gasteiger partial charge < -0.3 is 15.0 Å². The number of aromatic nitrogens is 4. The van der Waals surface area contributed by atoms with E-state index in [2.05, 4.69) is 15.4 Å². The lowest BCUT2D eigenvalue weighted by molar-refractivity contribution is -0.120. The third-order valence-electron chi connectivity index (χ3n) is 5.78. The molecule has 3 heterocycles. The van der Waals surface area contributed by atoms with E-state index in [9.17, 15) is 9.18 Å². The maximum absolute atomic E-state index is 13.1. The number of methoxy groups -OCH3 is 1. The minimum absolute atomic E-state index is 0.123. The summed E-state index contributed by atoms with van der Waals surface area (Å²) in [5, 5.41) is 7.34. The Morgan fingerprint density at radius 3 is 2.66 bits per heavy atom. The molecule has 1 aliphatic heterocycles. The van der Waals surface area contributed by atoms with Gasteiger partial charge >= 0.3 is 0 Å². The number of carbonyl (C=O) groups is 1. The van der Waals surface area contributed by atoms with Crippen molar-refractivity contribution in [3.63, 3.8) is 0 Å². The molecule has 3 aromatic rings. The van der Waals surface area contributed by atoms with Crippen LogP contribution in [-0.4, -0.2) is 52.0 Å². The molecular formula is C23H27FN6O2. The standard InChI is InChI=1S/C23H27FN6O2/c1-14-20-22(29(3)21(15(2)32-4)23(31)28-20)27-19(26-14)10-7-17-11-25-30(13-17)12-16-5-8-18(24)9-6-16/h5-6,8-9,11,13,15,21H,7,10,12H2,1-4H3,(H,28,31)/t15-,21-/m0/s1. The van der Waals surface area contributed by atoms with E-state index in [-0.39, 0.29) is 17.8 Å². The molecule has 0 fully saturated rings. The van der Waals surface area contributed by atoms with Crippen LogP contribution in [0.4, 0.5) is 15.9 Å². The minimum atomic E-state index is -0.459. The highest BCUT2D eigenvalue weighted by Crippen LogP contribution is 2.32. The molecule has 0 saturated heterocycles. The van der Waals surface area contributed by atoms with Crippen LogP contribution < -0.4 is 10.2 Å². The van der Waals surface area contributed by atoms with E-state index in [0.29, 0.717) is 30.3 Å². The number of halogens is 1. The molecule has 0 saturated carbocycles. The van der Waals surface area contributed by atoms with Crippen LogP contribution in [0, 0.1) is 12.7 Å². The van der Waals surface area contributed by atoms with Crippen LogP contribution in [0.3, 0.4) is 0 Å². The van der Waals surface area contributed by atoms with Gasteiger partial charge in [-0.3, -0.25) is 9.48 Å². The van der Waals surface area contributed by atoms with Crippen molar-refractivity contribution in [1.29, 1.82) is 0 Å². The number of likely N-dealkylation sites (N-methyl/N-ethyl adjacent to an activating group) is 1. The zero-order valence-corrected chi connectivity index (χ0v) is 18.7. The van der Waals surface area contributed by atoms with Gasteiger partial charge in [0.05, 0.1) is 24.5 Å². The van der Waals surface area contributed by atoms with E-state index < -0.39 is 6.04 Å². The zero-order valence-electron chi connectivity index (χ0n) is 18.7. The molecule has 0 radical (unpaired) electrons. The number of carbonyl (C=O) groups excluding carboxylic acids is 1. The fraction of sp³-hybridized carbons (Fsp3) is 0.391. The average molecular weight is 439 g/mol.